The largest absolute Gasteiger partial charge is 0.478 e. The van der Waals surface area contributed by atoms with Crippen molar-refractivity contribution in [1.82, 2.24) is 15.1 Å². The van der Waals surface area contributed by atoms with Crippen molar-refractivity contribution in [3.63, 3.8) is 0 Å². The van der Waals surface area contributed by atoms with Crippen molar-refractivity contribution >= 4 is 29.4 Å². The van der Waals surface area contributed by atoms with Crippen LogP contribution in [0.5, 0.6) is 0 Å². The number of fused-ring (bicyclic) bond motifs is 1. The number of nitrogens with zero attached hydrogens (tertiary/aromatic N) is 2. The summed E-state index contributed by atoms with van der Waals surface area (Å²) in [5, 5.41) is 16.7. The highest BCUT2D eigenvalue weighted by Crippen LogP contribution is 2.44. The quantitative estimate of drug-likeness (QED) is 0.544. The topological polar surface area (TPSA) is 101 Å². The Bertz CT molecular complexity index is 1380. The van der Waals surface area contributed by atoms with Gasteiger partial charge in [0.05, 0.1) is 27.5 Å². The van der Waals surface area contributed by atoms with Crippen molar-refractivity contribution in [1.29, 1.82) is 0 Å². The summed E-state index contributed by atoms with van der Waals surface area (Å²) in [4.78, 5) is 37.5. The third kappa shape index (κ3) is 4.12. The summed E-state index contributed by atoms with van der Waals surface area (Å²) in [6, 6.07) is 8.99. The lowest BCUT2D eigenvalue weighted by Crippen LogP contribution is -2.33. The lowest BCUT2D eigenvalue weighted by Gasteiger charge is -2.22. The molecule has 0 radical (unpaired) electrons. The van der Waals surface area contributed by atoms with Crippen LogP contribution in [0.25, 0.3) is 11.3 Å². The second-order valence-corrected chi connectivity index (χ2v) is 9.43. The molecule has 2 N–H and O–H groups in total. The molecule has 7 nitrogen and oxygen atoms in total. The smallest absolute Gasteiger partial charge is 0.335 e. The van der Waals surface area contributed by atoms with Gasteiger partial charge in [-0.2, -0.15) is 9.78 Å². The molecule has 2 aliphatic rings. The minimum absolute atomic E-state index is 0.109. The van der Waals surface area contributed by atoms with Gasteiger partial charge in [-0.15, -0.1) is 0 Å². The molecule has 180 valence electrons. The molecule has 0 aliphatic heterocycles. The van der Waals surface area contributed by atoms with Crippen molar-refractivity contribution in [2.24, 2.45) is 5.92 Å². The summed E-state index contributed by atoms with van der Waals surface area (Å²) in [6.07, 6.45) is 3.17. The van der Waals surface area contributed by atoms with Crippen LogP contribution < -0.4 is 5.32 Å². The second-order valence-electron chi connectivity index (χ2n) is 9.02. The van der Waals surface area contributed by atoms with Gasteiger partial charge in [0.2, 0.25) is 5.91 Å². The fourth-order valence-corrected chi connectivity index (χ4v) is 5.13. The van der Waals surface area contributed by atoms with Crippen molar-refractivity contribution in [2.45, 2.75) is 38.0 Å². The summed E-state index contributed by atoms with van der Waals surface area (Å²) in [5.41, 5.74) is 2.67. The fourth-order valence-electron chi connectivity index (χ4n) is 4.87. The molecular formula is C26H23ClFN3O4. The Balaban J connectivity index is 1.66. The van der Waals surface area contributed by atoms with E-state index in [1.54, 1.807) is 13.1 Å². The highest BCUT2D eigenvalue weighted by atomic mass is 35.5. The zero-order valence-corrected chi connectivity index (χ0v) is 19.7. The number of hydrogen-bond donors (Lipinski definition) is 2. The maximum Gasteiger partial charge on any atom is 0.335 e. The summed E-state index contributed by atoms with van der Waals surface area (Å²) in [5.74, 6) is -2.62. The Morgan fingerprint density at radius 3 is 2.60 bits per heavy atom. The third-order valence-electron chi connectivity index (χ3n) is 6.83. The number of carboxylic acids is 1. The SMILES string of the molecule is CNC(=O)C1CCc2c(-c3ccc(C(=O)O)cc3F)nn(C(=O)c3c(Cl)cccc3C3CC3)c2C1. The van der Waals surface area contributed by atoms with Gasteiger partial charge in [-0.3, -0.25) is 9.59 Å². The molecule has 9 heteroatoms. The molecule has 1 fully saturated rings. The van der Waals surface area contributed by atoms with Gasteiger partial charge in [-0.1, -0.05) is 23.7 Å². The zero-order valence-electron chi connectivity index (χ0n) is 19.0. The molecule has 0 bridgehead atoms. The maximum atomic E-state index is 15.0. The number of benzene rings is 2. The molecule has 35 heavy (non-hydrogen) atoms. The van der Waals surface area contributed by atoms with Gasteiger partial charge in [0.1, 0.15) is 5.82 Å². The van der Waals surface area contributed by atoms with Gasteiger partial charge in [-0.05, 0) is 61.4 Å². The Morgan fingerprint density at radius 2 is 1.94 bits per heavy atom. The van der Waals surface area contributed by atoms with Gasteiger partial charge >= 0.3 is 5.97 Å². The van der Waals surface area contributed by atoms with Gasteiger partial charge in [0, 0.05) is 30.5 Å². The van der Waals surface area contributed by atoms with E-state index in [4.69, 9.17) is 11.6 Å². The number of aromatic nitrogens is 2. The highest BCUT2D eigenvalue weighted by molar-refractivity contribution is 6.34. The molecule has 2 aliphatic carbocycles. The molecule has 1 atom stereocenters. The van der Waals surface area contributed by atoms with E-state index in [1.165, 1.54) is 16.8 Å². The first-order valence-electron chi connectivity index (χ1n) is 11.5. The average molecular weight is 496 g/mol. The van der Waals surface area contributed by atoms with Gasteiger partial charge in [0.15, 0.2) is 0 Å². The highest BCUT2D eigenvalue weighted by Gasteiger charge is 2.35. The minimum Gasteiger partial charge on any atom is -0.478 e. The van der Waals surface area contributed by atoms with E-state index in [9.17, 15) is 19.5 Å². The summed E-state index contributed by atoms with van der Waals surface area (Å²) < 4.78 is 16.3. The van der Waals surface area contributed by atoms with Crippen LogP contribution in [-0.2, 0) is 17.6 Å². The molecular weight excluding hydrogens is 473 g/mol. The number of carbonyl (C=O) groups is 3. The molecule has 1 heterocycles. The summed E-state index contributed by atoms with van der Waals surface area (Å²) in [6.45, 7) is 0. The first-order chi connectivity index (χ1) is 16.8. The van der Waals surface area contributed by atoms with Crippen LogP contribution in [0.2, 0.25) is 5.02 Å². The zero-order chi connectivity index (χ0) is 24.9. The number of carboxylic acid groups (broad SMARTS) is 1. The molecule has 0 saturated heterocycles. The number of nitrogens with one attached hydrogen (secondary N) is 1. The number of hydrogen-bond acceptors (Lipinski definition) is 4. The van der Waals surface area contributed by atoms with Crippen molar-refractivity contribution < 1.29 is 23.9 Å². The molecule has 3 aromatic rings. The fraction of sp³-hybridized carbons (Fsp3) is 0.308. The van der Waals surface area contributed by atoms with E-state index in [-0.39, 0.29) is 41.0 Å². The average Bonchev–Trinajstić information content (AvgIpc) is 3.63. The van der Waals surface area contributed by atoms with E-state index in [0.717, 1.165) is 24.5 Å². The molecule has 1 amide bonds. The molecule has 1 aromatic heterocycles. The normalized spacial score (nSPS) is 17.1. The van der Waals surface area contributed by atoms with Gasteiger partial charge in [0.25, 0.3) is 5.91 Å². The first-order valence-corrected chi connectivity index (χ1v) is 11.9. The van der Waals surface area contributed by atoms with E-state index in [2.05, 4.69) is 10.4 Å². The van der Waals surface area contributed by atoms with Crippen LogP contribution in [0.15, 0.2) is 36.4 Å². The van der Waals surface area contributed by atoms with Gasteiger partial charge < -0.3 is 10.4 Å². The second kappa shape index (κ2) is 8.92. The number of halogens is 2. The Hall–Kier alpha value is -3.52. The molecule has 1 saturated carbocycles. The lowest BCUT2D eigenvalue weighted by atomic mass is 9.85. The Morgan fingerprint density at radius 1 is 1.17 bits per heavy atom. The number of rotatable bonds is 5. The number of amides is 1. The van der Waals surface area contributed by atoms with E-state index in [1.807, 2.05) is 12.1 Å². The molecule has 0 spiro atoms. The molecule has 1 unspecified atom stereocenters. The first kappa shape index (κ1) is 23.2. The van der Waals surface area contributed by atoms with Gasteiger partial charge in [-0.25, -0.2) is 9.18 Å². The Kier molecular flexibility index (Phi) is 5.92. The summed E-state index contributed by atoms with van der Waals surface area (Å²) >= 11 is 6.49. The van der Waals surface area contributed by atoms with E-state index < -0.39 is 17.7 Å². The molecule has 5 rings (SSSR count). The van der Waals surface area contributed by atoms with Crippen LogP contribution >= 0.6 is 11.6 Å². The van der Waals surface area contributed by atoms with Crippen LogP contribution in [0.1, 0.15) is 62.7 Å². The predicted molar refractivity (Wildman–Crippen MR) is 127 cm³/mol. The standard InChI is InChI=1S/C26H23ClFN3O4/c1-29-24(32)14-7-10-18-21(12-14)31(25(33)22-16(13-5-6-13)3-2-4-19(22)27)30-23(18)17-9-8-15(26(34)35)11-20(17)28/h2-4,8-9,11,13-14H,5-7,10,12H2,1H3,(H,29,32)(H,34,35). The minimum atomic E-state index is -1.24. The maximum absolute atomic E-state index is 15.0. The third-order valence-corrected chi connectivity index (χ3v) is 7.14. The van der Waals surface area contributed by atoms with Crippen LogP contribution in [0.3, 0.4) is 0 Å². The van der Waals surface area contributed by atoms with Crippen LogP contribution in [-0.4, -0.2) is 39.7 Å². The molecule has 2 aromatic carbocycles. The van der Waals surface area contributed by atoms with E-state index >= 15 is 4.39 Å². The summed E-state index contributed by atoms with van der Waals surface area (Å²) in [7, 11) is 1.57. The van der Waals surface area contributed by atoms with Crippen molar-refractivity contribution in [3.05, 3.63) is 75.2 Å². The van der Waals surface area contributed by atoms with Crippen LogP contribution in [0.4, 0.5) is 4.39 Å². The number of aromatic carboxylic acids is 1. The monoisotopic (exact) mass is 495 g/mol. The van der Waals surface area contributed by atoms with E-state index in [0.29, 0.717) is 34.7 Å². The predicted octanol–water partition coefficient (Wildman–Crippen LogP) is 4.46. The van der Waals surface area contributed by atoms with Crippen molar-refractivity contribution in [3.8, 4) is 11.3 Å². The van der Waals surface area contributed by atoms with Crippen LogP contribution in [0, 0.1) is 11.7 Å². The lowest BCUT2D eigenvalue weighted by molar-refractivity contribution is -0.124. The number of carbonyl (C=O) groups excluding carboxylic acids is 2. The Labute approximate surface area is 205 Å². The van der Waals surface area contributed by atoms with Crippen molar-refractivity contribution in [2.75, 3.05) is 7.05 Å².